The van der Waals surface area contributed by atoms with Crippen LogP contribution >= 0.6 is 0 Å². The van der Waals surface area contributed by atoms with E-state index in [2.05, 4.69) is 16.6 Å². The Balaban J connectivity index is 2.99. The van der Waals surface area contributed by atoms with Gasteiger partial charge in [-0.15, -0.1) is 0 Å². The highest BCUT2D eigenvalue weighted by Gasteiger charge is 2.23. The number of sulfonamides is 1. The number of hydrogen-bond donors (Lipinski definition) is 2. The van der Waals surface area contributed by atoms with E-state index in [0.717, 1.165) is 0 Å². The van der Waals surface area contributed by atoms with Crippen LogP contribution in [0.1, 0.15) is 26.3 Å². The molecule has 116 valence electrons. The fourth-order valence-electron chi connectivity index (χ4n) is 1.74. The van der Waals surface area contributed by atoms with Gasteiger partial charge in [-0.1, -0.05) is 24.0 Å². The summed E-state index contributed by atoms with van der Waals surface area (Å²) < 4.78 is 32.9. The molecule has 0 saturated heterocycles. The first-order valence-corrected chi connectivity index (χ1v) is 8.22. The zero-order valence-electron chi connectivity index (χ0n) is 12.6. The third kappa shape index (κ3) is 5.48. The molecule has 5 nitrogen and oxygen atoms in total. The molecule has 21 heavy (non-hydrogen) atoms. The van der Waals surface area contributed by atoms with Gasteiger partial charge in [0, 0.05) is 18.7 Å². The van der Waals surface area contributed by atoms with Gasteiger partial charge in [0.25, 0.3) is 0 Å². The van der Waals surface area contributed by atoms with Crippen molar-refractivity contribution in [1.29, 1.82) is 0 Å². The van der Waals surface area contributed by atoms with E-state index >= 15 is 0 Å². The largest absolute Gasteiger partial charge is 0.375 e. The van der Waals surface area contributed by atoms with Crippen LogP contribution in [0, 0.1) is 11.8 Å². The highest BCUT2D eigenvalue weighted by Crippen LogP contribution is 2.15. The Bertz CT molecular complexity index is 628. The Kier molecular flexibility index (Phi) is 6.37. The van der Waals surface area contributed by atoms with Crippen molar-refractivity contribution in [2.45, 2.75) is 31.3 Å². The molecule has 0 saturated carbocycles. The minimum absolute atomic E-state index is 0.151. The van der Waals surface area contributed by atoms with Crippen molar-refractivity contribution in [2.75, 3.05) is 19.7 Å². The maximum absolute atomic E-state index is 12.4. The maximum atomic E-state index is 12.4. The van der Waals surface area contributed by atoms with Crippen LogP contribution < -0.4 is 10.5 Å². The summed E-state index contributed by atoms with van der Waals surface area (Å²) in [7, 11) is -3.65. The van der Waals surface area contributed by atoms with Gasteiger partial charge in [0.1, 0.15) is 0 Å². The molecular weight excluding hydrogens is 288 g/mol. The molecule has 0 spiro atoms. The fourth-order valence-corrected chi connectivity index (χ4v) is 3.10. The summed E-state index contributed by atoms with van der Waals surface area (Å²) in [6.45, 7) is 6.42. The monoisotopic (exact) mass is 310 g/mol. The minimum Gasteiger partial charge on any atom is -0.375 e. The summed E-state index contributed by atoms with van der Waals surface area (Å²) in [5, 5.41) is 0. The lowest BCUT2D eigenvalue weighted by Crippen LogP contribution is -2.40. The molecule has 0 aliphatic carbocycles. The van der Waals surface area contributed by atoms with E-state index in [-0.39, 0.29) is 18.0 Å². The molecule has 3 N–H and O–H groups in total. The topological polar surface area (TPSA) is 81.4 Å². The summed E-state index contributed by atoms with van der Waals surface area (Å²) >= 11 is 0. The molecule has 0 atom stereocenters. The number of hydrogen-bond acceptors (Lipinski definition) is 4. The molecule has 1 rings (SSSR count). The predicted molar refractivity (Wildman–Crippen MR) is 83.3 cm³/mol. The van der Waals surface area contributed by atoms with E-state index < -0.39 is 15.6 Å². The van der Waals surface area contributed by atoms with Crippen molar-refractivity contribution in [2.24, 2.45) is 5.73 Å². The molecule has 0 aliphatic heterocycles. The van der Waals surface area contributed by atoms with Gasteiger partial charge in [-0.25, -0.2) is 13.1 Å². The number of ether oxygens (including phenoxy) is 1. The third-order valence-electron chi connectivity index (χ3n) is 2.72. The molecule has 0 heterocycles. The van der Waals surface area contributed by atoms with Crippen LogP contribution in [0.5, 0.6) is 0 Å². The zero-order chi connectivity index (χ0) is 15.9. The molecule has 0 unspecified atom stereocenters. The molecule has 0 aromatic heterocycles. The molecular formula is C15H22N2O3S. The lowest BCUT2D eigenvalue weighted by molar-refractivity contribution is -0.00515. The highest BCUT2D eigenvalue weighted by molar-refractivity contribution is 7.89. The smallest absolute Gasteiger partial charge is 0.241 e. The lowest BCUT2D eigenvalue weighted by atomic mass is 10.1. The van der Waals surface area contributed by atoms with Crippen molar-refractivity contribution in [3.63, 3.8) is 0 Å². The first-order chi connectivity index (χ1) is 9.82. The van der Waals surface area contributed by atoms with Gasteiger partial charge in [0.15, 0.2) is 0 Å². The van der Waals surface area contributed by atoms with Crippen LogP contribution in [-0.2, 0) is 14.8 Å². The first-order valence-electron chi connectivity index (χ1n) is 6.74. The first kappa shape index (κ1) is 17.7. The van der Waals surface area contributed by atoms with Crippen molar-refractivity contribution in [3.8, 4) is 11.8 Å². The van der Waals surface area contributed by atoms with Crippen LogP contribution in [0.4, 0.5) is 0 Å². The Labute approximate surface area is 126 Å². The van der Waals surface area contributed by atoms with Crippen molar-refractivity contribution in [1.82, 2.24) is 4.72 Å². The van der Waals surface area contributed by atoms with Crippen molar-refractivity contribution < 1.29 is 13.2 Å². The summed E-state index contributed by atoms with van der Waals surface area (Å²) in [6, 6.07) is 6.58. The van der Waals surface area contributed by atoms with Crippen molar-refractivity contribution >= 4 is 10.0 Å². The van der Waals surface area contributed by atoms with Crippen molar-refractivity contribution in [3.05, 3.63) is 29.8 Å². The summed E-state index contributed by atoms with van der Waals surface area (Å²) in [4.78, 5) is 0.151. The average molecular weight is 310 g/mol. The summed E-state index contributed by atoms with van der Waals surface area (Å²) in [6.07, 6.45) is 0. The Morgan fingerprint density at radius 1 is 1.33 bits per heavy atom. The molecule has 1 aromatic rings. The second-order valence-corrected chi connectivity index (χ2v) is 6.75. The Morgan fingerprint density at radius 3 is 2.62 bits per heavy atom. The zero-order valence-corrected chi connectivity index (χ0v) is 13.5. The summed E-state index contributed by atoms with van der Waals surface area (Å²) in [5.41, 5.74) is 5.19. The second kappa shape index (κ2) is 7.57. The van der Waals surface area contributed by atoms with Gasteiger partial charge in [-0.05, 0) is 32.9 Å². The normalized spacial score (nSPS) is 11.8. The fraction of sp³-hybridized carbons (Fsp3) is 0.467. The van der Waals surface area contributed by atoms with E-state index in [9.17, 15) is 8.42 Å². The summed E-state index contributed by atoms with van der Waals surface area (Å²) in [5.74, 6) is 5.45. The molecule has 6 heteroatoms. The third-order valence-corrected chi connectivity index (χ3v) is 4.18. The van der Waals surface area contributed by atoms with Crippen LogP contribution in [0.3, 0.4) is 0 Å². The number of rotatable bonds is 6. The predicted octanol–water partition coefficient (Wildman–Crippen LogP) is 1.09. The molecule has 0 bridgehead atoms. The maximum Gasteiger partial charge on any atom is 0.241 e. The second-order valence-electron chi connectivity index (χ2n) is 5.02. The van der Waals surface area contributed by atoms with Crippen LogP contribution in [0.15, 0.2) is 29.2 Å². The van der Waals surface area contributed by atoms with Gasteiger partial charge in [-0.2, -0.15) is 0 Å². The van der Waals surface area contributed by atoms with Gasteiger partial charge in [0.2, 0.25) is 10.0 Å². The average Bonchev–Trinajstić information content (AvgIpc) is 2.43. The number of nitrogens with one attached hydrogen (secondary N) is 1. The number of nitrogens with two attached hydrogens (primary N) is 1. The molecule has 0 fully saturated rings. The molecule has 0 amide bonds. The van der Waals surface area contributed by atoms with E-state index in [1.807, 2.05) is 20.8 Å². The quantitative estimate of drug-likeness (QED) is 0.771. The highest BCUT2D eigenvalue weighted by atomic mass is 32.2. The minimum atomic E-state index is -3.65. The van der Waals surface area contributed by atoms with E-state index in [4.69, 9.17) is 10.5 Å². The number of benzene rings is 1. The van der Waals surface area contributed by atoms with Gasteiger partial charge >= 0.3 is 0 Å². The Morgan fingerprint density at radius 2 is 2.00 bits per heavy atom. The molecule has 0 radical (unpaired) electrons. The van der Waals surface area contributed by atoms with E-state index in [1.54, 1.807) is 18.2 Å². The van der Waals surface area contributed by atoms with Crippen LogP contribution in [0.25, 0.3) is 0 Å². The van der Waals surface area contributed by atoms with Crippen LogP contribution in [0.2, 0.25) is 0 Å². The lowest BCUT2D eigenvalue weighted by Gasteiger charge is -2.24. The van der Waals surface area contributed by atoms with Gasteiger partial charge in [0.05, 0.1) is 17.0 Å². The SMILES string of the molecule is CCOC(C)(C)CNS(=O)(=O)c1ccccc1C#CCN. The molecule has 0 aliphatic rings. The van der Waals surface area contributed by atoms with Crippen LogP contribution in [-0.4, -0.2) is 33.7 Å². The Hall–Kier alpha value is -1.39. The molecule has 1 aromatic carbocycles. The van der Waals surface area contributed by atoms with Gasteiger partial charge < -0.3 is 10.5 Å². The standard InChI is InChI=1S/C15H22N2O3S/c1-4-20-15(2,3)12-17-21(18,19)14-10-6-5-8-13(14)9-7-11-16/h5-6,8,10,17H,4,11-12,16H2,1-3H3. The van der Waals surface area contributed by atoms with Gasteiger partial charge in [-0.3, -0.25) is 0 Å². The van der Waals surface area contributed by atoms with E-state index in [1.165, 1.54) is 6.07 Å². The van der Waals surface area contributed by atoms with E-state index in [0.29, 0.717) is 12.2 Å².